The van der Waals surface area contributed by atoms with Crippen molar-refractivity contribution < 1.29 is 8.42 Å². The molecule has 17 heavy (non-hydrogen) atoms. The minimum Gasteiger partial charge on any atom is -0.312 e. The number of sulfone groups is 1. The van der Waals surface area contributed by atoms with Gasteiger partial charge in [-0.05, 0) is 32.0 Å². The predicted molar refractivity (Wildman–Crippen MR) is 72.0 cm³/mol. The monoisotopic (exact) mass is 255 g/mol. The number of benzene rings is 1. The molecule has 0 spiro atoms. The van der Waals surface area contributed by atoms with E-state index < -0.39 is 9.84 Å². The van der Waals surface area contributed by atoms with Crippen molar-refractivity contribution >= 4 is 9.84 Å². The van der Waals surface area contributed by atoms with Crippen molar-refractivity contribution in [2.24, 2.45) is 0 Å². The van der Waals surface area contributed by atoms with E-state index in [0.717, 1.165) is 16.7 Å². The first-order valence-corrected chi connectivity index (χ1v) is 7.66. The van der Waals surface area contributed by atoms with Crippen LogP contribution in [-0.4, -0.2) is 27.0 Å². The second-order valence-corrected chi connectivity index (χ2v) is 6.80. The molecule has 0 bridgehead atoms. The summed E-state index contributed by atoms with van der Waals surface area (Å²) < 4.78 is 23.4. The van der Waals surface area contributed by atoms with Crippen LogP contribution in [-0.2, 0) is 9.84 Å². The molecule has 1 atom stereocenters. The molecule has 3 nitrogen and oxygen atoms in total. The molecule has 0 saturated carbocycles. The van der Waals surface area contributed by atoms with Crippen LogP contribution in [0.4, 0.5) is 0 Å². The van der Waals surface area contributed by atoms with Crippen molar-refractivity contribution in [1.82, 2.24) is 5.32 Å². The molecule has 0 aliphatic heterocycles. The third kappa shape index (κ3) is 3.82. The van der Waals surface area contributed by atoms with Crippen LogP contribution in [0.15, 0.2) is 18.2 Å². The van der Waals surface area contributed by atoms with E-state index in [1.807, 2.05) is 26.0 Å². The molecule has 0 heterocycles. The summed E-state index contributed by atoms with van der Waals surface area (Å²) in [6, 6.07) is 6.01. The lowest BCUT2D eigenvalue weighted by molar-refractivity contribution is 0.574. The quantitative estimate of drug-likeness (QED) is 0.875. The number of nitrogens with one attached hydrogen (secondary N) is 1. The normalized spacial score (nSPS) is 13.6. The van der Waals surface area contributed by atoms with Gasteiger partial charge in [0.05, 0.1) is 5.75 Å². The molecule has 1 rings (SSSR count). The first kappa shape index (κ1) is 14.2. The highest BCUT2D eigenvalue weighted by Crippen LogP contribution is 2.20. The highest BCUT2D eigenvalue weighted by Gasteiger charge is 2.19. The highest BCUT2D eigenvalue weighted by molar-refractivity contribution is 7.91. The van der Waals surface area contributed by atoms with E-state index in [1.54, 1.807) is 14.0 Å². The van der Waals surface area contributed by atoms with Gasteiger partial charge in [-0.25, -0.2) is 8.42 Å². The van der Waals surface area contributed by atoms with E-state index in [4.69, 9.17) is 0 Å². The average molecular weight is 255 g/mol. The second kappa shape index (κ2) is 5.65. The van der Waals surface area contributed by atoms with Crippen molar-refractivity contribution in [3.8, 4) is 0 Å². The van der Waals surface area contributed by atoms with Crippen molar-refractivity contribution in [3.63, 3.8) is 0 Å². The third-order valence-corrected chi connectivity index (χ3v) is 4.74. The molecule has 4 heteroatoms. The van der Waals surface area contributed by atoms with Gasteiger partial charge in [0.15, 0.2) is 9.84 Å². The van der Waals surface area contributed by atoms with Crippen molar-refractivity contribution in [2.45, 2.75) is 26.8 Å². The van der Waals surface area contributed by atoms with Gasteiger partial charge in [0.25, 0.3) is 0 Å². The Labute approximate surface area is 104 Å². The van der Waals surface area contributed by atoms with E-state index >= 15 is 0 Å². The van der Waals surface area contributed by atoms with Gasteiger partial charge in [0, 0.05) is 11.8 Å². The fourth-order valence-corrected chi connectivity index (χ4v) is 2.93. The molecule has 1 unspecified atom stereocenters. The minimum absolute atomic E-state index is 0.125. The van der Waals surface area contributed by atoms with Gasteiger partial charge in [0.2, 0.25) is 0 Å². The lowest BCUT2D eigenvalue weighted by Crippen LogP contribution is -2.26. The first-order valence-electron chi connectivity index (χ1n) is 5.84. The Bertz CT molecular complexity index is 480. The molecular weight excluding hydrogens is 234 g/mol. The molecule has 0 saturated heterocycles. The van der Waals surface area contributed by atoms with E-state index in [9.17, 15) is 8.42 Å². The van der Waals surface area contributed by atoms with E-state index in [1.165, 1.54) is 0 Å². The van der Waals surface area contributed by atoms with Crippen LogP contribution in [0.3, 0.4) is 0 Å². The molecule has 0 aliphatic carbocycles. The Hall–Kier alpha value is -0.870. The summed E-state index contributed by atoms with van der Waals surface area (Å²) in [4.78, 5) is 0. The smallest absolute Gasteiger partial charge is 0.151 e. The summed E-state index contributed by atoms with van der Waals surface area (Å²) in [6.45, 7) is 5.72. The Balaban J connectivity index is 3.06. The molecule has 0 fully saturated rings. The molecule has 1 N–H and O–H groups in total. The zero-order valence-electron chi connectivity index (χ0n) is 10.9. The van der Waals surface area contributed by atoms with Gasteiger partial charge in [-0.15, -0.1) is 0 Å². The summed E-state index contributed by atoms with van der Waals surface area (Å²) in [5, 5.41) is 3.10. The topological polar surface area (TPSA) is 46.2 Å². The lowest BCUT2D eigenvalue weighted by Gasteiger charge is -2.19. The number of hydrogen-bond donors (Lipinski definition) is 1. The number of rotatable bonds is 5. The predicted octanol–water partition coefficient (Wildman–Crippen LogP) is 2.00. The standard InChI is InChI=1S/C13H21NO2S/c1-5-17(15,16)9-13(14-4)12-8-10(2)6-7-11(12)3/h6-8,13-14H,5,9H2,1-4H3. The maximum atomic E-state index is 11.7. The molecule has 0 aromatic heterocycles. The fraction of sp³-hybridized carbons (Fsp3) is 0.538. The minimum atomic E-state index is -2.97. The number of hydrogen-bond acceptors (Lipinski definition) is 3. The maximum absolute atomic E-state index is 11.7. The third-order valence-electron chi connectivity index (χ3n) is 3.02. The summed E-state index contributed by atoms with van der Waals surface area (Å²) in [5.74, 6) is 0.348. The van der Waals surface area contributed by atoms with Gasteiger partial charge in [0.1, 0.15) is 0 Å². The SMILES string of the molecule is CCS(=O)(=O)CC(NC)c1cc(C)ccc1C. The van der Waals surface area contributed by atoms with Crippen LogP contribution in [0.25, 0.3) is 0 Å². The molecule has 0 radical (unpaired) electrons. The van der Waals surface area contributed by atoms with Gasteiger partial charge >= 0.3 is 0 Å². The molecular formula is C13H21NO2S. The Kier molecular flexibility index (Phi) is 4.71. The largest absolute Gasteiger partial charge is 0.312 e. The fourth-order valence-electron chi connectivity index (χ4n) is 1.84. The van der Waals surface area contributed by atoms with Crippen molar-refractivity contribution in [1.29, 1.82) is 0 Å². The van der Waals surface area contributed by atoms with Crippen LogP contribution in [0.1, 0.15) is 29.7 Å². The van der Waals surface area contributed by atoms with Gasteiger partial charge < -0.3 is 5.32 Å². The van der Waals surface area contributed by atoms with Crippen LogP contribution in [0.2, 0.25) is 0 Å². The van der Waals surface area contributed by atoms with E-state index in [0.29, 0.717) is 0 Å². The van der Waals surface area contributed by atoms with Crippen LogP contribution in [0.5, 0.6) is 0 Å². The molecule has 0 amide bonds. The van der Waals surface area contributed by atoms with Gasteiger partial charge in [-0.1, -0.05) is 30.7 Å². The lowest BCUT2D eigenvalue weighted by atomic mass is 10.0. The summed E-state index contributed by atoms with van der Waals surface area (Å²) in [5.41, 5.74) is 3.35. The maximum Gasteiger partial charge on any atom is 0.151 e. The van der Waals surface area contributed by atoms with E-state index in [-0.39, 0.29) is 17.5 Å². The zero-order valence-corrected chi connectivity index (χ0v) is 11.8. The Morgan fingerprint density at radius 2 is 1.94 bits per heavy atom. The van der Waals surface area contributed by atoms with Crippen molar-refractivity contribution in [3.05, 3.63) is 34.9 Å². The van der Waals surface area contributed by atoms with Crippen molar-refractivity contribution in [2.75, 3.05) is 18.6 Å². The Morgan fingerprint density at radius 3 is 2.47 bits per heavy atom. The number of aryl methyl sites for hydroxylation is 2. The summed E-state index contributed by atoms with van der Waals surface area (Å²) in [7, 11) is -1.17. The Morgan fingerprint density at radius 1 is 1.29 bits per heavy atom. The first-order chi connectivity index (χ1) is 7.89. The average Bonchev–Trinajstić information content (AvgIpc) is 2.29. The highest BCUT2D eigenvalue weighted by atomic mass is 32.2. The molecule has 1 aromatic carbocycles. The van der Waals surface area contributed by atoms with Gasteiger partial charge in [-0.3, -0.25) is 0 Å². The molecule has 96 valence electrons. The van der Waals surface area contributed by atoms with Crippen LogP contribution in [0, 0.1) is 13.8 Å². The second-order valence-electron chi connectivity index (χ2n) is 4.40. The summed E-state index contributed by atoms with van der Waals surface area (Å²) >= 11 is 0. The summed E-state index contributed by atoms with van der Waals surface area (Å²) in [6.07, 6.45) is 0. The molecule has 0 aliphatic rings. The van der Waals surface area contributed by atoms with E-state index in [2.05, 4.69) is 11.4 Å². The van der Waals surface area contributed by atoms with Crippen LogP contribution >= 0.6 is 0 Å². The zero-order chi connectivity index (χ0) is 13.1. The van der Waals surface area contributed by atoms with Gasteiger partial charge in [-0.2, -0.15) is 0 Å². The molecule has 1 aromatic rings. The van der Waals surface area contributed by atoms with Crippen LogP contribution < -0.4 is 5.32 Å².